The number of benzene rings is 2. The largest absolute Gasteiger partial charge is 0.352 e. The molecule has 0 aromatic heterocycles. The van der Waals surface area contributed by atoms with Gasteiger partial charge in [0.2, 0.25) is 10.0 Å². The topological polar surface area (TPSA) is 73.0 Å². The third-order valence-electron chi connectivity index (χ3n) is 6.29. The van der Waals surface area contributed by atoms with Gasteiger partial charge in [-0.2, -0.15) is 0 Å². The molecular formula is C25H36N4O3S. The van der Waals surface area contributed by atoms with Gasteiger partial charge in [0.05, 0.1) is 4.90 Å². The van der Waals surface area contributed by atoms with E-state index in [2.05, 4.69) is 39.4 Å². The Morgan fingerprint density at radius 2 is 1.64 bits per heavy atom. The summed E-state index contributed by atoms with van der Waals surface area (Å²) in [7, 11) is -0.611. The fraction of sp³-hybridized carbons (Fsp3) is 0.480. The lowest BCUT2D eigenvalue weighted by Crippen LogP contribution is -2.46. The molecule has 2 aromatic rings. The fourth-order valence-corrected chi connectivity index (χ4v) is 5.26. The van der Waals surface area contributed by atoms with Crippen LogP contribution in [0.15, 0.2) is 47.4 Å². The first kappa shape index (κ1) is 25.4. The van der Waals surface area contributed by atoms with Crippen molar-refractivity contribution in [2.24, 2.45) is 0 Å². The molecule has 0 radical (unpaired) electrons. The van der Waals surface area contributed by atoms with Gasteiger partial charge in [-0.3, -0.25) is 9.69 Å². The number of piperazine rings is 1. The molecule has 33 heavy (non-hydrogen) atoms. The zero-order valence-electron chi connectivity index (χ0n) is 20.2. The summed E-state index contributed by atoms with van der Waals surface area (Å²) in [5.74, 6) is -0.235. The summed E-state index contributed by atoms with van der Waals surface area (Å²) in [6.07, 6.45) is 0.859. The average molecular weight is 473 g/mol. The molecule has 2 aromatic carbocycles. The van der Waals surface area contributed by atoms with Crippen LogP contribution in [0.25, 0.3) is 0 Å². The van der Waals surface area contributed by atoms with Crippen molar-refractivity contribution in [3.8, 4) is 0 Å². The number of hydrogen-bond acceptors (Lipinski definition) is 5. The predicted octanol–water partition coefficient (Wildman–Crippen LogP) is 2.49. The highest BCUT2D eigenvalue weighted by Gasteiger charge is 2.23. The van der Waals surface area contributed by atoms with Crippen LogP contribution in [-0.4, -0.2) is 81.8 Å². The van der Waals surface area contributed by atoms with E-state index in [4.69, 9.17) is 0 Å². The molecule has 0 unspecified atom stereocenters. The SMILES string of the molecule is Cc1cc(C(=O)NCCCN2CCN(Cc3ccccc3)CC2)cc(S(=O)(=O)N(C)C)c1C. The lowest BCUT2D eigenvalue weighted by Gasteiger charge is -2.34. The predicted molar refractivity (Wildman–Crippen MR) is 132 cm³/mol. The van der Waals surface area contributed by atoms with Crippen LogP contribution in [0.4, 0.5) is 0 Å². The smallest absolute Gasteiger partial charge is 0.251 e. The van der Waals surface area contributed by atoms with Crippen LogP contribution in [0.5, 0.6) is 0 Å². The Hall–Kier alpha value is -2.26. The molecule has 7 nitrogen and oxygen atoms in total. The molecule has 8 heteroatoms. The number of nitrogens with zero attached hydrogens (tertiary/aromatic N) is 3. The van der Waals surface area contributed by atoms with Crippen LogP contribution in [0, 0.1) is 13.8 Å². The first-order valence-corrected chi connectivity index (χ1v) is 12.9. The third-order valence-corrected chi connectivity index (χ3v) is 8.23. The normalized spacial score (nSPS) is 15.7. The van der Waals surface area contributed by atoms with Crippen LogP contribution in [0.2, 0.25) is 0 Å². The van der Waals surface area contributed by atoms with Crippen LogP contribution < -0.4 is 5.32 Å². The first-order valence-electron chi connectivity index (χ1n) is 11.5. The molecule has 180 valence electrons. The minimum absolute atomic E-state index is 0.186. The Morgan fingerprint density at radius 1 is 1.00 bits per heavy atom. The van der Waals surface area contributed by atoms with Gasteiger partial charge in [-0.25, -0.2) is 12.7 Å². The summed E-state index contributed by atoms with van der Waals surface area (Å²) in [5.41, 5.74) is 3.19. The minimum Gasteiger partial charge on any atom is -0.352 e. The number of hydrogen-bond donors (Lipinski definition) is 1. The number of nitrogens with one attached hydrogen (secondary N) is 1. The lowest BCUT2D eigenvalue weighted by atomic mass is 10.1. The Balaban J connectivity index is 1.45. The Labute approximate surface area is 198 Å². The molecule has 1 heterocycles. The molecule has 0 aliphatic carbocycles. The van der Waals surface area contributed by atoms with Crippen LogP contribution in [-0.2, 0) is 16.6 Å². The molecule has 0 saturated carbocycles. The number of aryl methyl sites for hydroxylation is 1. The molecule has 1 aliphatic rings. The summed E-state index contributed by atoms with van der Waals surface area (Å²) < 4.78 is 26.4. The number of amides is 1. The molecule has 0 spiro atoms. The van der Waals surface area contributed by atoms with Gasteiger partial charge in [0.15, 0.2) is 0 Å². The maximum atomic E-state index is 12.7. The molecular weight excluding hydrogens is 436 g/mol. The number of rotatable bonds is 9. The summed E-state index contributed by atoms with van der Waals surface area (Å²) in [5, 5.41) is 2.95. The molecule has 1 amide bonds. The van der Waals surface area contributed by atoms with E-state index < -0.39 is 10.0 Å². The van der Waals surface area contributed by atoms with E-state index in [-0.39, 0.29) is 10.8 Å². The van der Waals surface area contributed by atoms with Crippen molar-refractivity contribution in [3.05, 3.63) is 64.7 Å². The second-order valence-electron chi connectivity index (χ2n) is 8.92. The standard InChI is InChI=1S/C25H36N4O3S/c1-20-17-23(18-24(21(20)2)33(31,32)27(3)4)25(30)26-11-8-12-28-13-15-29(16-14-28)19-22-9-6-5-7-10-22/h5-7,9-10,17-18H,8,11-16,19H2,1-4H3,(H,26,30). The van der Waals surface area contributed by atoms with Gasteiger partial charge in [-0.15, -0.1) is 0 Å². The fourth-order valence-electron chi connectivity index (χ4n) is 4.04. The van der Waals surface area contributed by atoms with Gasteiger partial charge in [-0.05, 0) is 55.6 Å². The molecule has 0 bridgehead atoms. The summed E-state index contributed by atoms with van der Waals surface area (Å²) in [6, 6.07) is 13.8. The number of carbonyl (C=O) groups is 1. The highest BCUT2D eigenvalue weighted by atomic mass is 32.2. The van der Waals surface area contributed by atoms with E-state index in [1.54, 1.807) is 13.0 Å². The van der Waals surface area contributed by atoms with E-state index in [0.29, 0.717) is 17.7 Å². The minimum atomic E-state index is -3.61. The van der Waals surface area contributed by atoms with Gasteiger partial charge in [0, 0.05) is 58.9 Å². The summed E-state index contributed by atoms with van der Waals surface area (Å²) >= 11 is 0. The Morgan fingerprint density at radius 3 is 2.27 bits per heavy atom. The molecule has 1 saturated heterocycles. The Kier molecular flexibility index (Phi) is 8.64. The van der Waals surface area contributed by atoms with E-state index in [0.717, 1.165) is 51.3 Å². The van der Waals surface area contributed by atoms with Crippen molar-refractivity contribution < 1.29 is 13.2 Å². The highest BCUT2D eigenvalue weighted by Crippen LogP contribution is 2.23. The van der Waals surface area contributed by atoms with Crippen molar-refractivity contribution in [1.82, 2.24) is 19.4 Å². The van der Waals surface area contributed by atoms with Crippen molar-refractivity contribution in [2.75, 3.05) is 53.4 Å². The van der Waals surface area contributed by atoms with E-state index in [9.17, 15) is 13.2 Å². The van der Waals surface area contributed by atoms with Gasteiger partial charge in [-0.1, -0.05) is 30.3 Å². The Bertz CT molecular complexity index is 1050. The van der Waals surface area contributed by atoms with E-state index >= 15 is 0 Å². The molecule has 0 atom stereocenters. The van der Waals surface area contributed by atoms with Crippen LogP contribution in [0.3, 0.4) is 0 Å². The molecule has 1 N–H and O–H groups in total. The van der Waals surface area contributed by atoms with Crippen molar-refractivity contribution in [3.63, 3.8) is 0 Å². The van der Waals surface area contributed by atoms with Gasteiger partial charge in [0.1, 0.15) is 0 Å². The molecule has 3 rings (SSSR count). The molecule has 1 aliphatic heterocycles. The maximum Gasteiger partial charge on any atom is 0.251 e. The van der Waals surface area contributed by atoms with Crippen molar-refractivity contribution in [2.45, 2.75) is 31.7 Å². The average Bonchev–Trinajstić information content (AvgIpc) is 2.79. The maximum absolute atomic E-state index is 12.7. The summed E-state index contributed by atoms with van der Waals surface area (Å²) in [6.45, 7) is 10.3. The zero-order chi connectivity index (χ0) is 24.0. The lowest BCUT2D eigenvalue weighted by molar-refractivity contribution is 0.0947. The van der Waals surface area contributed by atoms with Crippen LogP contribution >= 0.6 is 0 Å². The first-order chi connectivity index (χ1) is 15.7. The summed E-state index contributed by atoms with van der Waals surface area (Å²) in [4.78, 5) is 17.8. The monoisotopic (exact) mass is 472 g/mol. The van der Waals surface area contributed by atoms with Gasteiger partial charge < -0.3 is 10.2 Å². The highest BCUT2D eigenvalue weighted by molar-refractivity contribution is 7.89. The second kappa shape index (κ2) is 11.2. The zero-order valence-corrected chi connectivity index (χ0v) is 21.0. The molecule has 1 fully saturated rings. The van der Waals surface area contributed by atoms with Crippen molar-refractivity contribution in [1.29, 1.82) is 0 Å². The quantitative estimate of drug-likeness (QED) is 0.568. The van der Waals surface area contributed by atoms with Gasteiger partial charge in [0.25, 0.3) is 5.91 Å². The van der Waals surface area contributed by atoms with E-state index in [1.165, 1.54) is 30.0 Å². The van der Waals surface area contributed by atoms with Gasteiger partial charge >= 0.3 is 0 Å². The second-order valence-corrected chi connectivity index (χ2v) is 11.0. The van der Waals surface area contributed by atoms with Crippen molar-refractivity contribution >= 4 is 15.9 Å². The van der Waals surface area contributed by atoms with Crippen LogP contribution in [0.1, 0.15) is 33.5 Å². The van der Waals surface area contributed by atoms with E-state index in [1.807, 2.05) is 13.0 Å². The number of sulfonamides is 1. The number of carbonyl (C=O) groups excluding carboxylic acids is 1. The third kappa shape index (κ3) is 6.63.